The lowest BCUT2D eigenvalue weighted by molar-refractivity contribution is 0.170. The van der Waals surface area contributed by atoms with E-state index in [0.29, 0.717) is 18.8 Å². The average molecular weight is 322 g/mol. The van der Waals surface area contributed by atoms with Crippen molar-refractivity contribution in [3.8, 4) is 0 Å². The van der Waals surface area contributed by atoms with Gasteiger partial charge < -0.3 is 20.5 Å². The van der Waals surface area contributed by atoms with E-state index in [1.165, 1.54) is 24.4 Å². The SMILES string of the molecule is COCCn1cc(NC(=O)NC[C@@H](O)c2ccccc2F)cn1. The Morgan fingerprint density at radius 3 is 3.00 bits per heavy atom. The van der Waals surface area contributed by atoms with Gasteiger partial charge in [-0.15, -0.1) is 0 Å². The number of rotatable bonds is 7. The lowest BCUT2D eigenvalue weighted by Crippen LogP contribution is -2.32. The molecule has 0 fully saturated rings. The number of methoxy groups -OCH3 is 1. The molecule has 0 unspecified atom stereocenters. The largest absolute Gasteiger partial charge is 0.386 e. The van der Waals surface area contributed by atoms with Gasteiger partial charge in [-0.25, -0.2) is 9.18 Å². The monoisotopic (exact) mass is 322 g/mol. The number of hydrogen-bond donors (Lipinski definition) is 3. The predicted octanol–water partition coefficient (Wildman–Crippen LogP) is 1.52. The first-order valence-corrected chi connectivity index (χ1v) is 7.09. The Balaban J connectivity index is 1.81. The van der Waals surface area contributed by atoms with E-state index in [1.807, 2.05) is 0 Å². The van der Waals surface area contributed by atoms with Crippen LogP contribution in [0.1, 0.15) is 11.7 Å². The zero-order chi connectivity index (χ0) is 16.7. The third kappa shape index (κ3) is 5.04. The van der Waals surface area contributed by atoms with Crippen LogP contribution in [-0.4, -0.2) is 41.2 Å². The molecule has 0 aliphatic rings. The van der Waals surface area contributed by atoms with Gasteiger partial charge in [0.15, 0.2) is 0 Å². The number of aromatic nitrogens is 2. The minimum absolute atomic E-state index is 0.107. The second kappa shape index (κ2) is 8.25. The topological polar surface area (TPSA) is 88.4 Å². The van der Waals surface area contributed by atoms with Crippen molar-refractivity contribution in [1.29, 1.82) is 0 Å². The van der Waals surface area contributed by atoms with Gasteiger partial charge in [0.25, 0.3) is 0 Å². The fourth-order valence-corrected chi connectivity index (χ4v) is 1.96. The number of nitrogens with one attached hydrogen (secondary N) is 2. The summed E-state index contributed by atoms with van der Waals surface area (Å²) in [6.45, 7) is 0.985. The number of carbonyl (C=O) groups is 1. The van der Waals surface area contributed by atoms with Crippen LogP contribution in [-0.2, 0) is 11.3 Å². The van der Waals surface area contributed by atoms with Crippen LogP contribution in [0.25, 0.3) is 0 Å². The molecular weight excluding hydrogens is 303 g/mol. The number of aliphatic hydroxyl groups is 1. The Hall–Kier alpha value is -2.45. The van der Waals surface area contributed by atoms with Crippen molar-refractivity contribution in [3.63, 3.8) is 0 Å². The van der Waals surface area contributed by atoms with Crippen LogP contribution >= 0.6 is 0 Å². The first-order chi connectivity index (χ1) is 11.1. The first kappa shape index (κ1) is 16.9. The van der Waals surface area contributed by atoms with Gasteiger partial charge in [0.05, 0.1) is 31.1 Å². The summed E-state index contributed by atoms with van der Waals surface area (Å²) in [4.78, 5) is 11.8. The standard InChI is InChI=1S/C15H19FN4O3/c1-23-7-6-20-10-11(8-18-20)19-15(22)17-9-14(21)12-4-2-3-5-13(12)16/h2-5,8,10,14,21H,6-7,9H2,1H3,(H2,17,19,22)/t14-/m1/s1. The van der Waals surface area contributed by atoms with Crippen molar-refractivity contribution in [3.05, 3.63) is 48.0 Å². The first-order valence-electron chi connectivity index (χ1n) is 7.09. The summed E-state index contributed by atoms with van der Waals surface area (Å²) in [6.07, 6.45) is 2.04. The molecule has 0 spiro atoms. The van der Waals surface area contributed by atoms with Gasteiger partial charge in [-0.1, -0.05) is 18.2 Å². The smallest absolute Gasteiger partial charge is 0.319 e. The highest BCUT2D eigenvalue weighted by molar-refractivity contribution is 5.88. The van der Waals surface area contributed by atoms with E-state index in [4.69, 9.17) is 4.74 Å². The molecule has 7 nitrogen and oxygen atoms in total. The number of anilines is 1. The zero-order valence-electron chi connectivity index (χ0n) is 12.7. The van der Waals surface area contributed by atoms with Crippen molar-refractivity contribution >= 4 is 11.7 Å². The Kier molecular flexibility index (Phi) is 6.07. The summed E-state index contributed by atoms with van der Waals surface area (Å²) in [5.41, 5.74) is 0.652. The number of urea groups is 1. The van der Waals surface area contributed by atoms with Crippen LogP contribution in [0.3, 0.4) is 0 Å². The highest BCUT2D eigenvalue weighted by atomic mass is 19.1. The Labute approximate surface area is 133 Å². The van der Waals surface area contributed by atoms with Gasteiger partial charge in [-0.05, 0) is 6.07 Å². The van der Waals surface area contributed by atoms with E-state index in [-0.39, 0.29) is 12.1 Å². The van der Waals surface area contributed by atoms with Crippen molar-refractivity contribution in [1.82, 2.24) is 15.1 Å². The Morgan fingerprint density at radius 2 is 2.26 bits per heavy atom. The van der Waals surface area contributed by atoms with Crippen molar-refractivity contribution in [2.24, 2.45) is 0 Å². The summed E-state index contributed by atoms with van der Waals surface area (Å²) < 4.78 is 20.1. The van der Waals surface area contributed by atoms with E-state index in [2.05, 4.69) is 15.7 Å². The fourth-order valence-electron chi connectivity index (χ4n) is 1.96. The summed E-state index contributed by atoms with van der Waals surface area (Å²) in [7, 11) is 1.59. The van der Waals surface area contributed by atoms with E-state index >= 15 is 0 Å². The van der Waals surface area contributed by atoms with Crippen molar-refractivity contribution < 1.29 is 19.0 Å². The molecule has 2 amide bonds. The Bertz CT molecular complexity index is 647. The number of amides is 2. The van der Waals surface area contributed by atoms with Gasteiger partial charge in [0.2, 0.25) is 0 Å². The maximum Gasteiger partial charge on any atom is 0.319 e. The lowest BCUT2D eigenvalue weighted by atomic mass is 10.1. The molecule has 1 atom stereocenters. The fraction of sp³-hybridized carbons (Fsp3) is 0.333. The molecule has 0 radical (unpaired) electrons. The van der Waals surface area contributed by atoms with Crippen LogP contribution in [0.5, 0.6) is 0 Å². The quantitative estimate of drug-likeness (QED) is 0.721. The third-order valence-electron chi connectivity index (χ3n) is 3.14. The molecule has 2 rings (SSSR count). The number of carbonyl (C=O) groups excluding carboxylic acids is 1. The van der Waals surface area contributed by atoms with E-state index in [9.17, 15) is 14.3 Å². The number of nitrogens with zero attached hydrogens (tertiary/aromatic N) is 2. The highest BCUT2D eigenvalue weighted by Gasteiger charge is 2.13. The van der Waals surface area contributed by atoms with Gasteiger partial charge in [0, 0.05) is 25.4 Å². The van der Waals surface area contributed by atoms with Gasteiger partial charge in [-0.3, -0.25) is 4.68 Å². The van der Waals surface area contributed by atoms with E-state index in [0.717, 1.165) is 0 Å². The van der Waals surface area contributed by atoms with Crippen LogP contribution < -0.4 is 10.6 Å². The summed E-state index contributed by atoms with van der Waals surface area (Å²) >= 11 is 0. The predicted molar refractivity (Wildman–Crippen MR) is 82.5 cm³/mol. The van der Waals surface area contributed by atoms with Crippen LogP contribution in [0.4, 0.5) is 14.9 Å². The molecule has 0 saturated heterocycles. The molecule has 1 aromatic carbocycles. The second-order valence-electron chi connectivity index (χ2n) is 4.86. The maximum absolute atomic E-state index is 13.5. The van der Waals surface area contributed by atoms with Crippen LogP contribution in [0, 0.1) is 5.82 Å². The molecule has 0 saturated carbocycles. The molecular formula is C15H19FN4O3. The minimum atomic E-state index is -1.12. The Morgan fingerprint density at radius 1 is 1.48 bits per heavy atom. The molecule has 0 aliphatic heterocycles. The van der Waals surface area contributed by atoms with E-state index in [1.54, 1.807) is 24.1 Å². The van der Waals surface area contributed by atoms with E-state index < -0.39 is 18.0 Å². The van der Waals surface area contributed by atoms with Crippen LogP contribution in [0.2, 0.25) is 0 Å². The lowest BCUT2D eigenvalue weighted by Gasteiger charge is -2.13. The molecule has 3 N–H and O–H groups in total. The molecule has 0 bridgehead atoms. The summed E-state index contributed by atoms with van der Waals surface area (Å²) in [6, 6.07) is 5.38. The summed E-state index contributed by atoms with van der Waals surface area (Å²) in [5, 5.41) is 19.0. The number of aliphatic hydroxyl groups excluding tert-OH is 1. The van der Waals surface area contributed by atoms with Crippen LogP contribution in [0.15, 0.2) is 36.7 Å². The maximum atomic E-state index is 13.5. The normalized spacial score (nSPS) is 12.0. The third-order valence-corrected chi connectivity index (χ3v) is 3.14. The van der Waals surface area contributed by atoms with Crippen molar-refractivity contribution in [2.45, 2.75) is 12.6 Å². The van der Waals surface area contributed by atoms with Crippen molar-refractivity contribution in [2.75, 3.05) is 25.6 Å². The molecule has 2 aromatic rings. The molecule has 23 heavy (non-hydrogen) atoms. The van der Waals surface area contributed by atoms with Gasteiger partial charge in [0.1, 0.15) is 5.82 Å². The number of benzene rings is 1. The zero-order valence-corrected chi connectivity index (χ0v) is 12.7. The molecule has 1 heterocycles. The molecule has 1 aromatic heterocycles. The summed E-state index contributed by atoms with van der Waals surface area (Å²) in [5.74, 6) is -0.512. The van der Waals surface area contributed by atoms with Gasteiger partial charge >= 0.3 is 6.03 Å². The second-order valence-corrected chi connectivity index (χ2v) is 4.86. The number of ether oxygens (including phenoxy) is 1. The minimum Gasteiger partial charge on any atom is -0.386 e. The number of halogens is 1. The molecule has 124 valence electrons. The van der Waals surface area contributed by atoms with Gasteiger partial charge in [-0.2, -0.15) is 5.10 Å². The molecule has 0 aliphatic carbocycles. The molecule has 8 heteroatoms. The average Bonchev–Trinajstić information content (AvgIpc) is 2.98. The highest BCUT2D eigenvalue weighted by Crippen LogP contribution is 2.15. The number of hydrogen-bond acceptors (Lipinski definition) is 4.